The number of pyridine rings is 4. The van der Waals surface area contributed by atoms with Crippen molar-refractivity contribution in [3.63, 3.8) is 0 Å². The Hall–Kier alpha value is -6.73. The third-order valence-corrected chi connectivity index (χ3v) is 7.92. The largest absolute Gasteiger partial charge is 0.265 e. The molecule has 0 amide bonds. The highest BCUT2D eigenvalue weighted by molar-refractivity contribution is 5.77. The Labute approximate surface area is 277 Å². The summed E-state index contributed by atoms with van der Waals surface area (Å²) in [5.74, 6) is 1.84. The molecule has 0 fully saturated rings. The van der Waals surface area contributed by atoms with Crippen LogP contribution in [0.4, 0.5) is 0 Å². The molecule has 0 saturated carbocycles. The molecule has 0 spiro atoms. The molecular formula is C41H27N7. The summed E-state index contributed by atoms with van der Waals surface area (Å²) >= 11 is 0. The first-order valence-corrected chi connectivity index (χ1v) is 15.5. The van der Waals surface area contributed by atoms with E-state index in [4.69, 9.17) is 24.9 Å². The zero-order valence-corrected chi connectivity index (χ0v) is 25.7. The predicted molar refractivity (Wildman–Crippen MR) is 189 cm³/mol. The maximum absolute atomic E-state index is 5.14. The normalized spacial score (nSPS) is 10.9. The van der Waals surface area contributed by atoms with Crippen LogP contribution in [0, 0.1) is 0 Å². The van der Waals surface area contributed by atoms with Crippen molar-refractivity contribution >= 4 is 0 Å². The van der Waals surface area contributed by atoms with E-state index in [9.17, 15) is 0 Å². The number of rotatable bonds is 7. The fourth-order valence-electron chi connectivity index (χ4n) is 5.52. The van der Waals surface area contributed by atoms with E-state index in [2.05, 4.69) is 34.2 Å². The molecule has 8 rings (SSSR count). The van der Waals surface area contributed by atoms with Crippen molar-refractivity contribution in [2.75, 3.05) is 0 Å². The van der Waals surface area contributed by atoms with Crippen LogP contribution < -0.4 is 0 Å². The standard InChI is InChI=1S/C41H27N7/c1-3-10-29(11-4-1)39-46-40(30-12-5-2-6-13-30)48-41(47-39)32-15-7-14-31(24-32)35-17-8-18-36(44-35)34-25-37(28-19-22-42-23-20-28)45-38(26-34)33-16-9-21-43-27-33/h1-27H. The summed E-state index contributed by atoms with van der Waals surface area (Å²) in [4.78, 5) is 33.3. The highest BCUT2D eigenvalue weighted by atomic mass is 15.0. The van der Waals surface area contributed by atoms with Gasteiger partial charge in [-0.05, 0) is 54.6 Å². The van der Waals surface area contributed by atoms with Gasteiger partial charge in [-0.1, -0.05) is 84.9 Å². The van der Waals surface area contributed by atoms with Crippen LogP contribution in [0.25, 0.3) is 79.2 Å². The van der Waals surface area contributed by atoms with Gasteiger partial charge in [0.15, 0.2) is 17.5 Å². The van der Waals surface area contributed by atoms with Crippen LogP contribution >= 0.6 is 0 Å². The van der Waals surface area contributed by atoms with Crippen molar-refractivity contribution in [1.82, 2.24) is 34.9 Å². The van der Waals surface area contributed by atoms with Gasteiger partial charge in [0, 0.05) is 63.7 Å². The second kappa shape index (κ2) is 12.9. The first-order chi connectivity index (χ1) is 23.8. The smallest absolute Gasteiger partial charge is 0.164 e. The third kappa shape index (κ3) is 6.08. The lowest BCUT2D eigenvalue weighted by atomic mass is 10.0. The average molecular weight is 618 g/mol. The molecule has 7 nitrogen and oxygen atoms in total. The molecule has 5 heterocycles. The molecule has 0 aliphatic carbocycles. The molecule has 0 atom stereocenters. The Kier molecular flexibility index (Phi) is 7.74. The molecule has 48 heavy (non-hydrogen) atoms. The molecule has 0 radical (unpaired) electrons. The first kappa shape index (κ1) is 28.7. The van der Waals surface area contributed by atoms with Crippen LogP contribution in [0.5, 0.6) is 0 Å². The minimum absolute atomic E-state index is 0.595. The van der Waals surface area contributed by atoms with E-state index >= 15 is 0 Å². The van der Waals surface area contributed by atoms with Gasteiger partial charge in [-0.2, -0.15) is 0 Å². The van der Waals surface area contributed by atoms with Gasteiger partial charge in [0.25, 0.3) is 0 Å². The summed E-state index contributed by atoms with van der Waals surface area (Å²) in [6.07, 6.45) is 7.14. The number of benzene rings is 3. The zero-order chi connectivity index (χ0) is 32.1. The van der Waals surface area contributed by atoms with Gasteiger partial charge < -0.3 is 0 Å². The van der Waals surface area contributed by atoms with Gasteiger partial charge in [0.2, 0.25) is 0 Å². The second-order valence-corrected chi connectivity index (χ2v) is 11.1. The minimum atomic E-state index is 0.595. The molecule has 0 unspecified atom stereocenters. The topological polar surface area (TPSA) is 90.2 Å². The van der Waals surface area contributed by atoms with E-state index in [-0.39, 0.29) is 0 Å². The van der Waals surface area contributed by atoms with E-state index in [0.29, 0.717) is 17.5 Å². The summed E-state index contributed by atoms with van der Waals surface area (Å²) in [5.41, 5.74) is 9.86. The summed E-state index contributed by atoms with van der Waals surface area (Å²) in [7, 11) is 0. The van der Waals surface area contributed by atoms with Crippen LogP contribution in [0.3, 0.4) is 0 Å². The van der Waals surface area contributed by atoms with Gasteiger partial charge >= 0.3 is 0 Å². The van der Waals surface area contributed by atoms with Crippen LogP contribution in [-0.2, 0) is 0 Å². The zero-order valence-electron chi connectivity index (χ0n) is 25.7. The van der Waals surface area contributed by atoms with Crippen molar-refractivity contribution in [1.29, 1.82) is 0 Å². The molecule has 0 N–H and O–H groups in total. The molecule has 8 aromatic rings. The highest BCUT2D eigenvalue weighted by Gasteiger charge is 2.14. The van der Waals surface area contributed by atoms with E-state index in [1.54, 1.807) is 18.6 Å². The van der Waals surface area contributed by atoms with E-state index in [1.165, 1.54) is 0 Å². The quantitative estimate of drug-likeness (QED) is 0.176. The SMILES string of the molecule is c1ccc(-c2nc(-c3ccccc3)nc(-c3cccc(-c4cccc(-c5cc(-c6ccncc6)nc(-c6cccnc6)c5)n4)c3)n2)cc1. The molecule has 3 aromatic carbocycles. The van der Waals surface area contributed by atoms with Crippen LogP contribution in [-0.4, -0.2) is 34.9 Å². The van der Waals surface area contributed by atoms with Crippen LogP contribution in [0.15, 0.2) is 164 Å². The lowest BCUT2D eigenvalue weighted by Gasteiger charge is -2.11. The molecule has 226 valence electrons. The summed E-state index contributed by atoms with van der Waals surface area (Å²) < 4.78 is 0. The molecule has 0 saturated heterocycles. The number of hydrogen-bond donors (Lipinski definition) is 0. The van der Waals surface area contributed by atoms with Crippen molar-refractivity contribution in [2.45, 2.75) is 0 Å². The molecular weight excluding hydrogens is 591 g/mol. The Balaban J connectivity index is 1.21. The Bertz CT molecular complexity index is 2050. The Morgan fingerprint density at radius 2 is 0.792 bits per heavy atom. The number of aromatic nitrogens is 7. The Morgan fingerprint density at radius 1 is 0.271 bits per heavy atom. The van der Waals surface area contributed by atoms with Crippen molar-refractivity contribution in [2.24, 2.45) is 0 Å². The van der Waals surface area contributed by atoms with Crippen molar-refractivity contribution < 1.29 is 0 Å². The molecule has 7 heteroatoms. The van der Waals surface area contributed by atoms with Crippen LogP contribution in [0.1, 0.15) is 0 Å². The fraction of sp³-hybridized carbons (Fsp3) is 0. The van der Waals surface area contributed by atoms with Gasteiger partial charge in [0.1, 0.15) is 0 Å². The summed E-state index contributed by atoms with van der Waals surface area (Å²) in [6, 6.07) is 46.2. The number of nitrogens with zero attached hydrogens (tertiary/aromatic N) is 7. The van der Waals surface area contributed by atoms with Gasteiger partial charge in [-0.15, -0.1) is 0 Å². The molecule has 5 aromatic heterocycles. The van der Waals surface area contributed by atoms with Gasteiger partial charge in [-0.3, -0.25) is 9.97 Å². The summed E-state index contributed by atoms with van der Waals surface area (Å²) in [6.45, 7) is 0. The molecule has 0 aliphatic rings. The summed E-state index contributed by atoms with van der Waals surface area (Å²) in [5, 5.41) is 0. The average Bonchev–Trinajstić information content (AvgIpc) is 3.19. The van der Waals surface area contributed by atoms with Crippen LogP contribution in [0.2, 0.25) is 0 Å². The monoisotopic (exact) mass is 617 g/mol. The second-order valence-electron chi connectivity index (χ2n) is 11.1. The van der Waals surface area contributed by atoms with Crippen molar-refractivity contribution in [3.8, 4) is 79.2 Å². The fourth-order valence-corrected chi connectivity index (χ4v) is 5.52. The van der Waals surface area contributed by atoms with Crippen molar-refractivity contribution in [3.05, 3.63) is 164 Å². The predicted octanol–water partition coefficient (Wildman–Crippen LogP) is 9.12. The van der Waals surface area contributed by atoms with Gasteiger partial charge in [-0.25, -0.2) is 24.9 Å². The van der Waals surface area contributed by atoms with E-state index in [0.717, 1.165) is 61.7 Å². The van der Waals surface area contributed by atoms with E-state index in [1.807, 2.05) is 121 Å². The first-order valence-electron chi connectivity index (χ1n) is 15.5. The highest BCUT2D eigenvalue weighted by Crippen LogP contribution is 2.32. The maximum atomic E-state index is 5.14. The van der Waals surface area contributed by atoms with Gasteiger partial charge in [0.05, 0.1) is 22.8 Å². The molecule has 0 aliphatic heterocycles. The molecule has 0 bridgehead atoms. The third-order valence-electron chi connectivity index (χ3n) is 7.92. The lowest BCUT2D eigenvalue weighted by molar-refractivity contribution is 1.07. The maximum Gasteiger partial charge on any atom is 0.164 e. The minimum Gasteiger partial charge on any atom is -0.265 e. The lowest BCUT2D eigenvalue weighted by Crippen LogP contribution is -2.00. The Morgan fingerprint density at radius 3 is 1.44 bits per heavy atom. The number of hydrogen-bond acceptors (Lipinski definition) is 7. The van der Waals surface area contributed by atoms with E-state index < -0.39 is 0 Å².